The Hall–Kier alpha value is -3.68. The first-order valence-corrected chi connectivity index (χ1v) is 12.1. The summed E-state index contributed by atoms with van der Waals surface area (Å²) in [5, 5.41) is 9.44. The number of piperazine rings is 1. The van der Waals surface area contributed by atoms with Crippen LogP contribution in [0.15, 0.2) is 72.9 Å². The number of ether oxygens (including phenoxy) is 1. The van der Waals surface area contributed by atoms with Crippen LogP contribution in [-0.4, -0.2) is 71.9 Å². The smallest absolute Gasteiger partial charge is 0.255 e. The molecule has 1 amide bonds. The number of benzene rings is 3. The maximum atomic E-state index is 13.0. The second-order valence-corrected chi connectivity index (χ2v) is 9.05. The van der Waals surface area contributed by atoms with Crippen molar-refractivity contribution in [3.05, 3.63) is 84.2 Å². The number of hydrogen-bond donors (Lipinski definition) is 1. The number of anilines is 1. The number of nitrogens with zero attached hydrogens (tertiary/aromatic N) is 4. The van der Waals surface area contributed by atoms with Crippen LogP contribution in [0.2, 0.25) is 0 Å². The molecule has 1 N–H and O–H groups in total. The number of hydrogen-bond acceptors (Lipinski definition) is 5. The molecule has 5 rings (SSSR count). The second-order valence-electron chi connectivity index (χ2n) is 9.05. The van der Waals surface area contributed by atoms with Crippen molar-refractivity contribution in [3.63, 3.8) is 0 Å². The summed E-state index contributed by atoms with van der Waals surface area (Å²) in [6.07, 6.45) is 1.91. The zero-order valence-electron chi connectivity index (χ0n) is 20.3. The fraction of sp³-hybridized carbons (Fsp3) is 0.286. The molecule has 1 aromatic heterocycles. The van der Waals surface area contributed by atoms with E-state index in [4.69, 9.17) is 4.74 Å². The molecule has 1 fully saturated rings. The SMILES string of the molecule is Cc1ccn(-c2ccc(C(=O)Nc3ccc(OCCN4CCN(C)CC4)c4ccccc34)cc2)n1. The van der Waals surface area contributed by atoms with Crippen LogP contribution in [0.3, 0.4) is 0 Å². The van der Waals surface area contributed by atoms with Crippen molar-refractivity contribution in [2.24, 2.45) is 0 Å². The van der Waals surface area contributed by atoms with Crippen LogP contribution >= 0.6 is 0 Å². The van der Waals surface area contributed by atoms with E-state index in [0.29, 0.717) is 12.2 Å². The molecule has 7 heteroatoms. The van der Waals surface area contributed by atoms with Gasteiger partial charge in [0, 0.05) is 60.9 Å². The Labute approximate surface area is 205 Å². The molecule has 0 radical (unpaired) electrons. The van der Waals surface area contributed by atoms with Gasteiger partial charge in [-0.15, -0.1) is 0 Å². The van der Waals surface area contributed by atoms with E-state index in [1.807, 2.05) is 79.9 Å². The lowest BCUT2D eigenvalue weighted by Gasteiger charge is -2.32. The van der Waals surface area contributed by atoms with Gasteiger partial charge in [-0.2, -0.15) is 5.10 Å². The number of aryl methyl sites for hydroxylation is 1. The fourth-order valence-corrected chi connectivity index (χ4v) is 4.38. The summed E-state index contributed by atoms with van der Waals surface area (Å²) in [7, 11) is 2.16. The number of likely N-dealkylation sites (N-methyl/N-ethyl adjacent to an activating group) is 1. The highest BCUT2D eigenvalue weighted by Crippen LogP contribution is 2.32. The highest BCUT2D eigenvalue weighted by atomic mass is 16.5. The van der Waals surface area contributed by atoms with Gasteiger partial charge in [-0.1, -0.05) is 24.3 Å². The lowest BCUT2D eigenvalue weighted by atomic mass is 10.1. The average molecular weight is 470 g/mol. The standard InChI is InChI=1S/C28H31N5O2/c1-21-13-14-33(30-21)23-9-7-22(8-10-23)28(34)29-26-11-12-27(25-6-4-3-5-24(25)26)35-20-19-32-17-15-31(2)16-18-32/h3-14H,15-20H2,1-2H3,(H,29,34). The first-order chi connectivity index (χ1) is 17.1. The van der Waals surface area contributed by atoms with Crippen molar-refractivity contribution < 1.29 is 9.53 Å². The summed E-state index contributed by atoms with van der Waals surface area (Å²) in [5.41, 5.74) is 3.22. The largest absolute Gasteiger partial charge is 0.492 e. The van der Waals surface area contributed by atoms with Gasteiger partial charge in [-0.3, -0.25) is 9.69 Å². The van der Waals surface area contributed by atoms with Crippen LogP contribution in [-0.2, 0) is 0 Å². The monoisotopic (exact) mass is 469 g/mol. The summed E-state index contributed by atoms with van der Waals surface area (Å²) >= 11 is 0. The number of carbonyl (C=O) groups is 1. The highest BCUT2D eigenvalue weighted by molar-refractivity contribution is 6.10. The minimum atomic E-state index is -0.151. The minimum Gasteiger partial charge on any atom is -0.492 e. The lowest BCUT2D eigenvalue weighted by molar-refractivity contribution is 0.102. The fourth-order valence-electron chi connectivity index (χ4n) is 4.38. The van der Waals surface area contributed by atoms with Crippen LogP contribution < -0.4 is 10.1 Å². The predicted molar refractivity (Wildman–Crippen MR) is 140 cm³/mol. The van der Waals surface area contributed by atoms with E-state index >= 15 is 0 Å². The number of nitrogens with one attached hydrogen (secondary N) is 1. The zero-order valence-corrected chi connectivity index (χ0v) is 20.3. The number of amides is 1. The third kappa shape index (κ3) is 5.37. The van der Waals surface area contributed by atoms with E-state index in [2.05, 4.69) is 27.3 Å². The van der Waals surface area contributed by atoms with E-state index in [0.717, 1.165) is 66.3 Å². The van der Waals surface area contributed by atoms with Crippen molar-refractivity contribution in [2.45, 2.75) is 6.92 Å². The van der Waals surface area contributed by atoms with Crippen molar-refractivity contribution in [2.75, 3.05) is 51.7 Å². The van der Waals surface area contributed by atoms with Gasteiger partial charge in [0.2, 0.25) is 0 Å². The molecule has 1 saturated heterocycles. The van der Waals surface area contributed by atoms with Gasteiger partial charge in [0.05, 0.1) is 11.4 Å². The summed E-state index contributed by atoms with van der Waals surface area (Å²) < 4.78 is 7.97. The van der Waals surface area contributed by atoms with Gasteiger partial charge >= 0.3 is 0 Å². The van der Waals surface area contributed by atoms with Crippen LogP contribution in [0, 0.1) is 6.92 Å². The number of fused-ring (bicyclic) bond motifs is 1. The van der Waals surface area contributed by atoms with Gasteiger partial charge in [-0.05, 0) is 56.4 Å². The molecule has 180 valence electrons. The summed E-state index contributed by atoms with van der Waals surface area (Å²) in [6.45, 7) is 7.86. The van der Waals surface area contributed by atoms with Gasteiger partial charge in [0.1, 0.15) is 12.4 Å². The highest BCUT2D eigenvalue weighted by Gasteiger charge is 2.15. The maximum absolute atomic E-state index is 13.0. The van der Waals surface area contributed by atoms with Crippen molar-refractivity contribution in [3.8, 4) is 11.4 Å². The Kier molecular flexibility index (Phi) is 6.79. The van der Waals surface area contributed by atoms with Crippen LogP contribution in [0.25, 0.3) is 16.5 Å². The van der Waals surface area contributed by atoms with Crippen molar-refractivity contribution >= 4 is 22.4 Å². The molecule has 0 aliphatic carbocycles. The molecule has 2 heterocycles. The maximum Gasteiger partial charge on any atom is 0.255 e. The van der Waals surface area contributed by atoms with Crippen LogP contribution in [0.1, 0.15) is 16.1 Å². The van der Waals surface area contributed by atoms with Crippen LogP contribution in [0.4, 0.5) is 5.69 Å². The molecular formula is C28H31N5O2. The second kappa shape index (κ2) is 10.3. The third-order valence-electron chi connectivity index (χ3n) is 6.51. The van der Waals surface area contributed by atoms with E-state index < -0.39 is 0 Å². The molecule has 0 atom stereocenters. The van der Waals surface area contributed by atoms with Gasteiger partial charge < -0.3 is 15.0 Å². The Morgan fingerprint density at radius 3 is 2.40 bits per heavy atom. The van der Waals surface area contributed by atoms with Crippen molar-refractivity contribution in [1.82, 2.24) is 19.6 Å². The quantitative estimate of drug-likeness (QED) is 0.439. The first-order valence-electron chi connectivity index (χ1n) is 12.1. The Morgan fingerprint density at radius 1 is 0.943 bits per heavy atom. The third-order valence-corrected chi connectivity index (χ3v) is 6.51. The molecule has 1 aliphatic heterocycles. The number of carbonyl (C=O) groups excluding carboxylic acids is 1. The van der Waals surface area contributed by atoms with E-state index in [1.54, 1.807) is 4.68 Å². The van der Waals surface area contributed by atoms with Crippen LogP contribution in [0.5, 0.6) is 5.75 Å². The molecule has 1 aliphatic rings. The van der Waals surface area contributed by atoms with Gasteiger partial charge in [0.25, 0.3) is 5.91 Å². The number of rotatable bonds is 7. The topological polar surface area (TPSA) is 62.6 Å². The normalized spacial score (nSPS) is 14.8. The molecule has 3 aromatic carbocycles. The molecule has 0 spiro atoms. The number of aromatic nitrogens is 2. The van der Waals surface area contributed by atoms with Crippen molar-refractivity contribution in [1.29, 1.82) is 0 Å². The Balaban J connectivity index is 1.27. The summed E-state index contributed by atoms with van der Waals surface area (Å²) in [4.78, 5) is 17.8. The van der Waals surface area contributed by atoms with Gasteiger partial charge in [0.15, 0.2) is 0 Å². The minimum absolute atomic E-state index is 0.151. The molecule has 35 heavy (non-hydrogen) atoms. The Bertz CT molecular complexity index is 1310. The summed E-state index contributed by atoms with van der Waals surface area (Å²) in [6, 6.07) is 21.3. The van der Waals surface area contributed by atoms with E-state index in [-0.39, 0.29) is 5.91 Å². The molecular weight excluding hydrogens is 438 g/mol. The van der Waals surface area contributed by atoms with E-state index in [9.17, 15) is 4.79 Å². The average Bonchev–Trinajstić information content (AvgIpc) is 3.32. The van der Waals surface area contributed by atoms with Gasteiger partial charge in [-0.25, -0.2) is 4.68 Å². The predicted octanol–water partition coefficient (Wildman–Crippen LogP) is 4.21. The van der Waals surface area contributed by atoms with E-state index in [1.165, 1.54) is 0 Å². The molecule has 0 saturated carbocycles. The Morgan fingerprint density at radius 2 is 1.69 bits per heavy atom. The first kappa shape index (κ1) is 23.1. The molecule has 0 bridgehead atoms. The summed E-state index contributed by atoms with van der Waals surface area (Å²) in [5.74, 6) is 0.689. The molecule has 0 unspecified atom stereocenters. The molecule has 4 aromatic rings. The lowest BCUT2D eigenvalue weighted by Crippen LogP contribution is -2.45. The molecule has 7 nitrogen and oxygen atoms in total. The zero-order chi connectivity index (χ0) is 24.2.